The lowest BCUT2D eigenvalue weighted by molar-refractivity contribution is -0.134. The number of benzene rings is 1. The second-order valence-electron chi connectivity index (χ2n) is 5.16. The van der Waals surface area contributed by atoms with E-state index in [1.54, 1.807) is 24.3 Å². The molecule has 0 bridgehead atoms. The molecule has 5 heteroatoms. The van der Waals surface area contributed by atoms with Gasteiger partial charge in [-0.25, -0.2) is 0 Å². The van der Waals surface area contributed by atoms with Crippen LogP contribution in [-0.4, -0.2) is 23.6 Å². The monoisotopic (exact) mass is 274 g/mol. The highest BCUT2D eigenvalue weighted by molar-refractivity contribution is 6.07. The summed E-state index contributed by atoms with van der Waals surface area (Å²) >= 11 is 0. The van der Waals surface area contributed by atoms with Gasteiger partial charge in [0.15, 0.2) is 5.78 Å². The number of nitrogens with one attached hydrogen (secondary N) is 2. The first-order valence-corrected chi connectivity index (χ1v) is 6.69. The summed E-state index contributed by atoms with van der Waals surface area (Å²) in [4.78, 5) is 35.0. The molecule has 1 heterocycles. The molecule has 0 unspecified atom stereocenters. The predicted octanol–water partition coefficient (Wildman–Crippen LogP) is 1.74. The number of rotatable bonds is 3. The topological polar surface area (TPSA) is 75.3 Å². The normalized spacial score (nSPS) is 22.0. The molecule has 5 nitrogen and oxygen atoms in total. The standard InChI is InChI=1S/C15H18N2O3/c1-9-3-8-13(14(19)16-9)15(20)17-12-6-4-11(5-7-12)10(2)18/h4-7,9,13H,3,8H2,1-2H3,(H,16,19)(H,17,20)/t9-,13-/m1/s1. The Kier molecular flexibility index (Phi) is 4.17. The fraction of sp³-hybridized carbons (Fsp3) is 0.400. The molecule has 0 spiro atoms. The highest BCUT2D eigenvalue weighted by atomic mass is 16.2. The first kappa shape index (κ1) is 14.2. The fourth-order valence-electron chi connectivity index (χ4n) is 2.23. The van der Waals surface area contributed by atoms with Gasteiger partial charge < -0.3 is 10.6 Å². The number of piperidine rings is 1. The highest BCUT2D eigenvalue weighted by Gasteiger charge is 2.31. The molecule has 0 saturated carbocycles. The molecule has 1 aliphatic heterocycles. The minimum Gasteiger partial charge on any atom is -0.353 e. The van der Waals surface area contributed by atoms with Crippen LogP contribution < -0.4 is 10.6 Å². The number of Topliss-reactive ketones (excluding diaryl/α,β-unsaturated/α-hetero) is 1. The van der Waals surface area contributed by atoms with Crippen LogP contribution in [0.1, 0.15) is 37.0 Å². The summed E-state index contributed by atoms with van der Waals surface area (Å²) < 4.78 is 0. The zero-order valence-electron chi connectivity index (χ0n) is 11.6. The molecule has 20 heavy (non-hydrogen) atoms. The molecule has 2 N–H and O–H groups in total. The summed E-state index contributed by atoms with van der Waals surface area (Å²) in [6.45, 7) is 3.41. The second-order valence-corrected chi connectivity index (χ2v) is 5.16. The van der Waals surface area contributed by atoms with Crippen LogP contribution in [-0.2, 0) is 9.59 Å². The van der Waals surface area contributed by atoms with Crippen molar-refractivity contribution in [2.45, 2.75) is 32.7 Å². The number of anilines is 1. The third kappa shape index (κ3) is 3.23. The van der Waals surface area contributed by atoms with Gasteiger partial charge in [-0.15, -0.1) is 0 Å². The minimum atomic E-state index is -0.640. The van der Waals surface area contributed by atoms with E-state index in [0.717, 1.165) is 6.42 Å². The maximum atomic E-state index is 12.1. The zero-order chi connectivity index (χ0) is 14.7. The quantitative estimate of drug-likeness (QED) is 0.651. The Balaban J connectivity index is 2.00. The van der Waals surface area contributed by atoms with Gasteiger partial charge in [0.05, 0.1) is 0 Å². The van der Waals surface area contributed by atoms with Crippen molar-refractivity contribution in [3.8, 4) is 0 Å². The van der Waals surface area contributed by atoms with Gasteiger partial charge in [0.2, 0.25) is 11.8 Å². The third-order valence-electron chi connectivity index (χ3n) is 3.47. The van der Waals surface area contributed by atoms with Gasteiger partial charge >= 0.3 is 0 Å². The molecule has 0 aliphatic carbocycles. The maximum absolute atomic E-state index is 12.1. The van der Waals surface area contributed by atoms with Gasteiger partial charge in [0.1, 0.15) is 5.92 Å². The lowest BCUT2D eigenvalue weighted by atomic mass is 9.94. The number of carbonyl (C=O) groups excluding carboxylic acids is 3. The van der Waals surface area contributed by atoms with Gasteiger partial charge in [-0.1, -0.05) is 0 Å². The van der Waals surface area contributed by atoms with Crippen LogP contribution in [0.4, 0.5) is 5.69 Å². The first-order valence-electron chi connectivity index (χ1n) is 6.69. The van der Waals surface area contributed by atoms with E-state index in [9.17, 15) is 14.4 Å². The molecule has 2 rings (SSSR count). The molecule has 1 fully saturated rings. The molecule has 2 atom stereocenters. The van der Waals surface area contributed by atoms with Gasteiger partial charge in [0, 0.05) is 17.3 Å². The van der Waals surface area contributed by atoms with Crippen LogP contribution >= 0.6 is 0 Å². The first-order chi connectivity index (χ1) is 9.47. The van der Waals surface area contributed by atoms with E-state index in [0.29, 0.717) is 17.7 Å². The maximum Gasteiger partial charge on any atom is 0.236 e. The minimum absolute atomic E-state index is 0.0245. The molecular weight excluding hydrogens is 256 g/mol. The molecule has 0 aromatic heterocycles. The Morgan fingerprint density at radius 1 is 1.20 bits per heavy atom. The summed E-state index contributed by atoms with van der Waals surface area (Å²) in [6.07, 6.45) is 1.36. The second kappa shape index (κ2) is 5.86. The molecule has 2 amide bonds. The van der Waals surface area contributed by atoms with Crippen LogP contribution in [0.3, 0.4) is 0 Å². The molecule has 1 aliphatic rings. The van der Waals surface area contributed by atoms with Crippen LogP contribution in [0, 0.1) is 5.92 Å². The van der Waals surface area contributed by atoms with Crippen molar-refractivity contribution in [3.05, 3.63) is 29.8 Å². The van der Waals surface area contributed by atoms with Crippen LogP contribution in [0.25, 0.3) is 0 Å². The van der Waals surface area contributed by atoms with Crippen molar-refractivity contribution < 1.29 is 14.4 Å². The molecule has 1 aromatic rings. The van der Waals surface area contributed by atoms with Crippen LogP contribution in [0.15, 0.2) is 24.3 Å². The predicted molar refractivity (Wildman–Crippen MR) is 75.4 cm³/mol. The largest absolute Gasteiger partial charge is 0.353 e. The third-order valence-corrected chi connectivity index (χ3v) is 3.47. The molecular formula is C15H18N2O3. The van der Waals surface area contributed by atoms with Gasteiger partial charge in [0.25, 0.3) is 0 Å². The number of ketones is 1. The Labute approximate surface area is 117 Å². The average Bonchev–Trinajstić information content (AvgIpc) is 2.39. The summed E-state index contributed by atoms with van der Waals surface area (Å²) in [7, 11) is 0. The van der Waals surface area contributed by atoms with E-state index in [1.807, 2.05) is 6.92 Å². The van der Waals surface area contributed by atoms with E-state index in [-0.39, 0.29) is 23.6 Å². The Hall–Kier alpha value is -2.17. The van der Waals surface area contributed by atoms with E-state index in [2.05, 4.69) is 10.6 Å². The van der Waals surface area contributed by atoms with Crippen LogP contribution in [0.2, 0.25) is 0 Å². The molecule has 106 valence electrons. The summed E-state index contributed by atoms with van der Waals surface area (Å²) in [5.74, 6) is -1.19. The highest BCUT2D eigenvalue weighted by Crippen LogP contribution is 2.18. The number of hydrogen-bond donors (Lipinski definition) is 2. The van der Waals surface area contributed by atoms with Crippen molar-refractivity contribution in [1.29, 1.82) is 0 Å². The van der Waals surface area contributed by atoms with E-state index in [4.69, 9.17) is 0 Å². The van der Waals surface area contributed by atoms with E-state index in [1.165, 1.54) is 6.92 Å². The van der Waals surface area contributed by atoms with Crippen molar-refractivity contribution >= 4 is 23.3 Å². The van der Waals surface area contributed by atoms with Crippen LogP contribution in [0.5, 0.6) is 0 Å². The lowest BCUT2D eigenvalue weighted by Gasteiger charge is -2.26. The Morgan fingerprint density at radius 3 is 2.40 bits per heavy atom. The van der Waals surface area contributed by atoms with Gasteiger partial charge in [-0.2, -0.15) is 0 Å². The summed E-state index contributed by atoms with van der Waals surface area (Å²) in [5.41, 5.74) is 1.18. The van der Waals surface area contributed by atoms with Crippen molar-refractivity contribution in [2.75, 3.05) is 5.32 Å². The Bertz CT molecular complexity index is 537. The molecule has 0 radical (unpaired) electrons. The molecule has 1 saturated heterocycles. The smallest absolute Gasteiger partial charge is 0.236 e. The van der Waals surface area contributed by atoms with Crippen molar-refractivity contribution in [3.63, 3.8) is 0 Å². The van der Waals surface area contributed by atoms with Gasteiger partial charge in [-0.3, -0.25) is 14.4 Å². The molecule has 1 aromatic carbocycles. The summed E-state index contributed by atoms with van der Waals surface area (Å²) in [5, 5.41) is 5.49. The average molecular weight is 274 g/mol. The number of hydrogen-bond acceptors (Lipinski definition) is 3. The van der Waals surface area contributed by atoms with E-state index >= 15 is 0 Å². The van der Waals surface area contributed by atoms with Crippen molar-refractivity contribution in [1.82, 2.24) is 5.32 Å². The summed E-state index contributed by atoms with van der Waals surface area (Å²) in [6, 6.07) is 6.76. The SMILES string of the molecule is CC(=O)c1ccc(NC(=O)[C@@H]2CC[C@@H](C)NC2=O)cc1. The fourth-order valence-corrected chi connectivity index (χ4v) is 2.23. The van der Waals surface area contributed by atoms with E-state index < -0.39 is 5.92 Å². The lowest BCUT2D eigenvalue weighted by Crippen LogP contribution is -2.46. The zero-order valence-corrected chi connectivity index (χ0v) is 11.6. The number of carbonyl (C=O) groups is 3. The van der Waals surface area contributed by atoms with Crippen molar-refractivity contribution in [2.24, 2.45) is 5.92 Å². The number of amides is 2. The Morgan fingerprint density at radius 2 is 1.85 bits per heavy atom. The van der Waals surface area contributed by atoms with Gasteiger partial charge in [-0.05, 0) is 51.0 Å².